The third-order valence-electron chi connectivity index (χ3n) is 4.64. The summed E-state index contributed by atoms with van der Waals surface area (Å²) in [5.41, 5.74) is 10.6. The maximum atomic E-state index is 9.19. The molecule has 2 aromatic heterocycles. The highest BCUT2D eigenvalue weighted by Crippen LogP contribution is 2.41. The van der Waals surface area contributed by atoms with Crippen molar-refractivity contribution in [1.82, 2.24) is 9.55 Å². The van der Waals surface area contributed by atoms with Crippen LogP contribution in [0.4, 0.5) is 0 Å². The van der Waals surface area contributed by atoms with Gasteiger partial charge in [-0.3, -0.25) is 4.57 Å². The molecule has 0 radical (unpaired) electrons. The Morgan fingerprint density at radius 2 is 2.13 bits per heavy atom. The minimum atomic E-state index is 0. The molecule has 3 aromatic rings. The lowest BCUT2D eigenvalue weighted by molar-refractivity contribution is 0.611. The number of fused-ring (bicyclic) bond motifs is 3. The summed E-state index contributed by atoms with van der Waals surface area (Å²) in [4.78, 5) is 4.50. The molecule has 1 aliphatic carbocycles. The molecule has 0 aliphatic heterocycles. The zero-order valence-electron chi connectivity index (χ0n) is 12.7. The number of nitrogens with two attached hydrogens (primary N) is 1. The SMILES string of the molecule is C[C@H]1c2c(n(-c3ccccn3)c3ccc(C#N)cc23)CC1N.Cl. The van der Waals surface area contributed by atoms with Crippen molar-refractivity contribution in [2.75, 3.05) is 0 Å². The van der Waals surface area contributed by atoms with E-state index >= 15 is 0 Å². The normalized spacial score (nSPS) is 19.2. The molecule has 0 spiro atoms. The van der Waals surface area contributed by atoms with Crippen molar-refractivity contribution in [1.29, 1.82) is 5.26 Å². The standard InChI is InChI=1S/C18H16N4.ClH/c1-11-14(20)9-16-18(11)13-8-12(10-19)5-6-15(13)22(16)17-4-2-3-7-21-17;/h2-8,11,14H,9,20H2,1H3;1H/t11-,14?;/m1./s1. The van der Waals surface area contributed by atoms with Gasteiger partial charge in [-0.2, -0.15) is 5.26 Å². The molecule has 2 atom stereocenters. The third-order valence-corrected chi connectivity index (χ3v) is 4.64. The molecule has 4 nitrogen and oxygen atoms in total. The third kappa shape index (κ3) is 2.21. The molecule has 116 valence electrons. The molecule has 1 unspecified atom stereocenters. The van der Waals surface area contributed by atoms with Crippen molar-refractivity contribution in [2.45, 2.75) is 25.3 Å². The summed E-state index contributed by atoms with van der Waals surface area (Å²) >= 11 is 0. The van der Waals surface area contributed by atoms with Gasteiger partial charge in [0, 0.05) is 29.7 Å². The maximum Gasteiger partial charge on any atom is 0.137 e. The largest absolute Gasteiger partial charge is 0.327 e. The van der Waals surface area contributed by atoms with Crippen LogP contribution in [-0.2, 0) is 6.42 Å². The Labute approximate surface area is 141 Å². The van der Waals surface area contributed by atoms with Crippen LogP contribution in [0.15, 0.2) is 42.6 Å². The van der Waals surface area contributed by atoms with Gasteiger partial charge in [-0.05, 0) is 41.8 Å². The highest BCUT2D eigenvalue weighted by atomic mass is 35.5. The Morgan fingerprint density at radius 3 is 2.83 bits per heavy atom. The summed E-state index contributed by atoms with van der Waals surface area (Å²) in [6, 6.07) is 14.1. The fraction of sp³-hybridized carbons (Fsp3) is 0.222. The highest BCUT2D eigenvalue weighted by molar-refractivity contribution is 5.89. The second kappa shape index (κ2) is 5.69. The molecule has 0 saturated heterocycles. The Morgan fingerprint density at radius 1 is 1.30 bits per heavy atom. The average molecular weight is 325 g/mol. The first kappa shape index (κ1) is 15.5. The molecule has 23 heavy (non-hydrogen) atoms. The molecule has 0 bridgehead atoms. The number of pyridine rings is 1. The Bertz CT molecular complexity index is 908. The van der Waals surface area contributed by atoms with Gasteiger partial charge in [0.2, 0.25) is 0 Å². The first-order valence-corrected chi connectivity index (χ1v) is 7.45. The number of halogens is 1. The van der Waals surface area contributed by atoms with Crippen molar-refractivity contribution in [2.24, 2.45) is 5.73 Å². The second-order valence-electron chi connectivity index (χ2n) is 5.88. The zero-order valence-corrected chi connectivity index (χ0v) is 13.5. The van der Waals surface area contributed by atoms with Crippen LogP contribution in [0.25, 0.3) is 16.7 Å². The Balaban J connectivity index is 0.00000156. The Kier molecular flexibility index (Phi) is 3.85. The lowest BCUT2D eigenvalue weighted by Gasteiger charge is -2.12. The number of hydrogen-bond donors (Lipinski definition) is 1. The number of rotatable bonds is 1. The average Bonchev–Trinajstić information content (AvgIpc) is 3.02. The summed E-state index contributed by atoms with van der Waals surface area (Å²) in [5.74, 6) is 1.19. The van der Waals surface area contributed by atoms with Crippen LogP contribution in [-0.4, -0.2) is 15.6 Å². The highest BCUT2D eigenvalue weighted by Gasteiger charge is 2.33. The van der Waals surface area contributed by atoms with Crippen LogP contribution >= 0.6 is 12.4 Å². The van der Waals surface area contributed by atoms with Gasteiger partial charge in [0.25, 0.3) is 0 Å². The van der Waals surface area contributed by atoms with E-state index in [-0.39, 0.29) is 24.4 Å². The van der Waals surface area contributed by atoms with E-state index in [4.69, 9.17) is 5.73 Å². The molecular formula is C18H17ClN4. The molecule has 1 aromatic carbocycles. The number of nitriles is 1. The molecule has 5 heteroatoms. The van der Waals surface area contributed by atoms with Gasteiger partial charge in [-0.25, -0.2) is 4.98 Å². The van der Waals surface area contributed by atoms with Gasteiger partial charge in [-0.1, -0.05) is 13.0 Å². The lowest BCUT2D eigenvalue weighted by Crippen LogP contribution is -2.23. The lowest BCUT2D eigenvalue weighted by atomic mass is 9.98. The van der Waals surface area contributed by atoms with E-state index in [1.54, 1.807) is 6.20 Å². The molecule has 4 rings (SSSR count). The smallest absolute Gasteiger partial charge is 0.137 e. The van der Waals surface area contributed by atoms with Crippen LogP contribution in [0.5, 0.6) is 0 Å². The maximum absolute atomic E-state index is 9.19. The van der Waals surface area contributed by atoms with E-state index < -0.39 is 0 Å². The van der Waals surface area contributed by atoms with Crippen molar-refractivity contribution < 1.29 is 0 Å². The van der Waals surface area contributed by atoms with Gasteiger partial charge in [0.15, 0.2) is 0 Å². The topological polar surface area (TPSA) is 67.6 Å². The minimum Gasteiger partial charge on any atom is -0.327 e. The molecule has 1 aliphatic rings. The molecule has 0 saturated carbocycles. The summed E-state index contributed by atoms with van der Waals surface area (Å²) in [6.07, 6.45) is 2.64. The fourth-order valence-electron chi connectivity index (χ4n) is 3.51. The summed E-state index contributed by atoms with van der Waals surface area (Å²) in [7, 11) is 0. The fourth-order valence-corrected chi connectivity index (χ4v) is 3.51. The van der Waals surface area contributed by atoms with Crippen molar-refractivity contribution in [3.63, 3.8) is 0 Å². The molecule has 2 N–H and O–H groups in total. The van der Waals surface area contributed by atoms with Gasteiger partial charge in [0.05, 0.1) is 17.1 Å². The van der Waals surface area contributed by atoms with E-state index in [9.17, 15) is 5.26 Å². The number of hydrogen-bond acceptors (Lipinski definition) is 3. The van der Waals surface area contributed by atoms with E-state index in [0.717, 1.165) is 23.1 Å². The van der Waals surface area contributed by atoms with Gasteiger partial charge < -0.3 is 5.73 Å². The monoisotopic (exact) mass is 324 g/mol. The molecular weight excluding hydrogens is 308 g/mol. The zero-order chi connectivity index (χ0) is 15.3. The van der Waals surface area contributed by atoms with Crippen LogP contribution in [0.1, 0.15) is 29.7 Å². The van der Waals surface area contributed by atoms with Crippen LogP contribution in [0, 0.1) is 11.3 Å². The minimum absolute atomic E-state index is 0. The van der Waals surface area contributed by atoms with Gasteiger partial charge in [-0.15, -0.1) is 12.4 Å². The first-order valence-electron chi connectivity index (χ1n) is 7.45. The molecule has 0 amide bonds. The van der Waals surface area contributed by atoms with E-state index in [1.807, 2.05) is 36.4 Å². The summed E-state index contributed by atoms with van der Waals surface area (Å²) < 4.78 is 2.19. The second-order valence-corrected chi connectivity index (χ2v) is 5.88. The Hall–Kier alpha value is -2.35. The number of nitrogens with zero attached hydrogens (tertiary/aromatic N) is 3. The predicted octanol–water partition coefficient (Wildman–Crippen LogP) is 3.31. The molecule has 2 heterocycles. The first-order chi connectivity index (χ1) is 10.7. The van der Waals surface area contributed by atoms with Crippen LogP contribution in [0.2, 0.25) is 0 Å². The van der Waals surface area contributed by atoms with Crippen LogP contribution < -0.4 is 5.73 Å². The summed E-state index contributed by atoms with van der Waals surface area (Å²) in [6.45, 7) is 2.16. The van der Waals surface area contributed by atoms with Crippen LogP contribution in [0.3, 0.4) is 0 Å². The van der Waals surface area contributed by atoms with Crippen molar-refractivity contribution in [3.05, 3.63) is 59.4 Å². The van der Waals surface area contributed by atoms with Gasteiger partial charge >= 0.3 is 0 Å². The van der Waals surface area contributed by atoms with E-state index in [2.05, 4.69) is 22.5 Å². The van der Waals surface area contributed by atoms with Crippen molar-refractivity contribution in [3.8, 4) is 11.9 Å². The number of benzene rings is 1. The molecule has 0 fully saturated rings. The quantitative estimate of drug-likeness (QED) is 0.746. The van der Waals surface area contributed by atoms with Crippen molar-refractivity contribution >= 4 is 23.3 Å². The summed E-state index contributed by atoms with van der Waals surface area (Å²) in [5, 5.41) is 10.3. The van der Waals surface area contributed by atoms with E-state index in [1.165, 1.54) is 11.3 Å². The predicted molar refractivity (Wildman–Crippen MR) is 93.1 cm³/mol. The number of aromatic nitrogens is 2. The van der Waals surface area contributed by atoms with E-state index in [0.29, 0.717) is 5.56 Å². The van der Waals surface area contributed by atoms with Gasteiger partial charge in [0.1, 0.15) is 5.82 Å².